The van der Waals surface area contributed by atoms with Gasteiger partial charge in [-0.1, -0.05) is 0 Å². The third-order valence-electron chi connectivity index (χ3n) is 1.95. The summed E-state index contributed by atoms with van der Waals surface area (Å²) in [7, 11) is 1.41. The first-order valence-electron chi connectivity index (χ1n) is 3.90. The fourth-order valence-corrected chi connectivity index (χ4v) is 1.36. The average Bonchev–Trinajstić information content (AvgIpc) is 2.03. The number of rotatable bonds is 0. The molecule has 0 aromatic carbocycles. The molecule has 1 amide bonds. The molecular weight excluding hydrogens is 142 g/mol. The molecule has 1 aliphatic rings. The zero-order chi connectivity index (χ0) is 8.27. The van der Waals surface area contributed by atoms with E-state index < -0.39 is 0 Å². The normalized spacial score (nSPS) is 24.9. The maximum absolute atomic E-state index is 11.0. The highest BCUT2D eigenvalue weighted by atomic mass is 16.5. The van der Waals surface area contributed by atoms with E-state index in [1.807, 2.05) is 0 Å². The van der Waals surface area contributed by atoms with Crippen LogP contribution in [0.15, 0.2) is 0 Å². The second-order valence-electron chi connectivity index (χ2n) is 2.92. The molecule has 63 valence electrons. The van der Waals surface area contributed by atoms with E-state index in [0.29, 0.717) is 5.92 Å². The molecule has 0 bridgehead atoms. The van der Waals surface area contributed by atoms with Gasteiger partial charge in [0.25, 0.3) is 0 Å². The Bertz CT molecular complexity index is 147. The monoisotopic (exact) mass is 156 g/mol. The molecule has 11 heavy (non-hydrogen) atoms. The lowest BCUT2D eigenvalue weighted by atomic mass is 10.0. The van der Waals surface area contributed by atoms with Crippen LogP contribution in [0.3, 0.4) is 0 Å². The standard InChI is InChI=1S/C8H14NO2/c1-7-4-3-5-9(6-7)8(10)11-2/h7H,1,3-6H2,2H3. The molecule has 1 unspecified atom stereocenters. The number of piperidine rings is 1. The van der Waals surface area contributed by atoms with Crippen LogP contribution in [0.5, 0.6) is 0 Å². The van der Waals surface area contributed by atoms with Gasteiger partial charge < -0.3 is 9.64 Å². The first kappa shape index (κ1) is 8.37. The van der Waals surface area contributed by atoms with E-state index in [1.54, 1.807) is 4.90 Å². The Morgan fingerprint density at radius 2 is 2.45 bits per heavy atom. The Labute approximate surface area is 67.3 Å². The first-order chi connectivity index (χ1) is 5.24. The molecule has 1 heterocycles. The molecule has 1 radical (unpaired) electrons. The van der Waals surface area contributed by atoms with Gasteiger partial charge in [-0.2, -0.15) is 0 Å². The van der Waals surface area contributed by atoms with Crippen molar-refractivity contribution in [2.24, 2.45) is 5.92 Å². The van der Waals surface area contributed by atoms with Crippen LogP contribution in [-0.4, -0.2) is 31.2 Å². The predicted molar refractivity (Wildman–Crippen MR) is 42.1 cm³/mol. The second-order valence-corrected chi connectivity index (χ2v) is 2.92. The highest BCUT2D eigenvalue weighted by Crippen LogP contribution is 2.15. The zero-order valence-electron chi connectivity index (χ0n) is 6.88. The summed E-state index contributed by atoms with van der Waals surface area (Å²) in [6.07, 6.45) is 1.94. The van der Waals surface area contributed by atoms with Crippen molar-refractivity contribution in [1.82, 2.24) is 4.90 Å². The summed E-state index contributed by atoms with van der Waals surface area (Å²) < 4.78 is 4.60. The molecule has 1 atom stereocenters. The molecule has 1 aliphatic heterocycles. The lowest BCUT2D eigenvalue weighted by Gasteiger charge is -2.29. The predicted octanol–water partition coefficient (Wildman–Crippen LogP) is 1.30. The van der Waals surface area contributed by atoms with Crippen molar-refractivity contribution in [3.05, 3.63) is 6.92 Å². The van der Waals surface area contributed by atoms with Crippen molar-refractivity contribution in [3.63, 3.8) is 0 Å². The topological polar surface area (TPSA) is 29.5 Å². The van der Waals surface area contributed by atoms with Crippen LogP contribution < -0.4 is 0 Å². The van der Waals surface area contributed by atoms with Gasteiger partial charge in [0.05, 0.1) is 7.11 Å². The van der Waals surface area contributed by atoms with Crippen molar-refractivity contribution >= 4 is 6.09 Å². The Morgan fingerprint density at radius 3 is 3.00 bits per heavy atom. The Hall–Kier alpha value is -0.730. The van der Waals surface area contributed by atoms with Crippen molar-refractivity contribution < 1.29 is 9.53 Å². The minimum absolute atomic E-state index is 0.224. The summed E-state index contributed by atoms with van der Waals surface area (Å²) in [5, 5.41) is 0. The quantitative estimate of drug-likeness (QED) is 0.529. The summed E-state index contributed by atoms with van der Waals surface area (Å²) in [6.45, 7) is 5.48. The molecule has 1 fully saturated rings. The lowest BCUT2D eigenvalue weighted by molar-refractivity contribution is 0.107. The fourth-order valence-electron chi connectivity index (χ4n) is 1.36. The third-order valence-corrected chi connectivity index (χ3v) is 1.95. The van der Waals surface area contributed by atoms with Crippen molar-refractivity contribution in [2.45, 2.75) is 12.8 Å². The number of hydrogen-bond donors (Lipinski definition) is 0. The molecule has 0 N–H and O–H groups in total. The molecule has 1 rings (SSSR count). The molecule has 3 nitrogen and oxygen atoms in total. The van der Waals surface area contributed by atoms with E-state index in [2.05, 4.69) is 11.7 Å². The number of ether oxygens (including phenoxy) is 1. The second kappa shape index (κ2) is 3.60. The van der Waals surface area contributed by atoms with E-state index in [4.69, 9.17) is 0 Å². The molecular formula is C8H14NO2. The smallest absolute Gasteiger partial charge is 0.409 e. The highest BCUT2D eigenvalue weighted by molar-refractivity contribution is 5.67. The third kappa shape index (κ3) is 2.10. The number of amides is 1. The summed E-state index contributed by atoms with van der Waals surface area (Å²) in [6, 6.07) is 0. The number of methoxy groups -OCH3 is 1. The lowest BCUT2D eigenvalue weighted by Crippen LogP contribution is -2.38. The van der Waals surface area contributed by atoms with Crippen molar-refractivity contribution in [2.75, 3.05) is 20.2 Å². The van der Waals surface area contributed by atoms with E-state index in [0.717, 1.165) is 25.9 Å². The van der Waals surface area contributed by atoms with Gasteiger partial charge in [0.15, 0.2) is 0 Å². The van der Waals surface area contributed by atoms with Gasteiger partial charge in [-0.3, -0.25) is 0 Å². The summed E-state index contributed by atoms with van der Waals surface area (Å²) in [5.41, 5.74) is 0. The zero-order valence-corrected chi connectivity index (χ0v) is 6.88. The van der Waals surface area contributed by atoms with Crippen LogP contribution in [0, 0.1) is 12.8 Å². The minimum atomic E-state index is -0.224. The van der Waals surface area contributed by atoms with Gasteiger partial charge >= 0.3 is 6.09 Å². The molecule has 0 aromatic rings. The molecule has 0 aliphatic carbocycles. The molecule has 1 saturated heterocycles. The van der Waals surface area contributed by atoms with E-state index in [9.17, 15) is 4.79 Å². The largest absolute Gasteiger partial charge is 0.453 e. The van der Waals surface area contributed by atoms with Crippen LogP contribution in [0.25, 0.3) is 0 Å². The summed E-state index contributed by atoms with van der Waals surface area (Å²) in [5.74, 6) is 0.378. The number of carbonyl (C=O) groups excluding carboxylic acids is 1. The Kier molecular flexibility index (Phi) is 2.74. The number of nitrogens with zero attached hydrogens (tertiary/aromatic N) is 1. The first-order valence-corrected chi connectivity index (χ1v) is 3.90. The van der Waals surface area contributed by atoms with Crippen LogP contribution in [0.1, 0.15) is 12.8 Å². The van der Waals surface area contributed by atoms with Gasteiger partial charge in [-0.15, -0.1) is 0 Å². The Balaban J connectivity index is 2.39. The molecule has 3 heteroatoms. The van der Waals surface area contributed by atoms with E-state index in [-0.39, 0.29) is 6.09 Å². The van der Waals surface area contributed by atoms with Crippen LogP contribution in [0.2, 0.25) is 0 Å². The van der Waals surface area contributed by atoms with Gasteiger partial charge in [-0.25, -0.2) is 4.79 Å². The highest BCUT2D eigenvalue weighted by Gasteiger charge is 2.20. The van der Waals surface area contributed by atoms with Gasteiger partial charge in [0, 0.05) is 13.1 Å². The van der Waals surface area contributed by atoms with E-state index >= 15 is 0 Å². The van der Waals surface area contributed by atoms with Gasteiger partial charge in [-0.05, 0) is 25.7 Å². The van der Waals surface area contributed by atoms with Gasteiger partial charge in [0.1, 0.15) is 0 Å². The molecule has 0 saturated carbocycles. The number of carbonyl (C=O) groups is 1. The maximum Gasteiger partial charge on any atom is 0.409 e. The maximum atomic E-state index is 11.0. The van der Waals surface area contributed by atoms with Crippen LogP contribution in [-0.2, 0) is 4.74 Å². The fraction of sp³-hybridized carbons (Fsp3) is 0.750. The van der Waals surface area contributed by atoms with Crippen LogP contribution in [0.4, 0.5) is 4.79 Å². The van der Waals surface area contributed by atoms with Crippen LogP contribution >= 0.6 is 0 Å². The Morgan fingerprint density at radius 1 is 1.73 bits per heavy atom. The molecule has 0 aromatic heterocycles. The number of likely N-dealkylation sites (tertiary alicyclic amines) is 1. The SMILES string of the molecule is [CH2]C1CCCN(C(=O)OC)C1. The van der Waals surface area contributed by atoms with Crippen molar-refractivity contribution in [3.8, 4) is 0 Å². The average molecular weight is 156 g/mol. The number of hydrogen-bond acceptors (Lipinski definition) is 2. The van der Waals surface area contributed by atoms with Crippen molar-refractivity contribution in [1.29, 1.82) is 0 Å². The summed E-state index contributed by atoms with van der Waals surface area (Å²) in [4.78, 5) is 12.7. The summed E-state index contributed by atoms with van der Waals surface area (Å²) >= 11 is 0. The van der Waals surface area contributed by atoms with Gasteiger partial charge in [0.2, 0.25) is 0 Å². The van der Waals surface area contributed by atoms with E-state index in [1.165, 1.54) is 7.11 Å². The minimum Gasteiger partial charge on any atom is -0.453 e. The molecule has 0 spiro atoms.